The van der Waals surface area contributed by atoms with Crippen LogP contribution in [-0.4, -0.2) is 0 Å². The zero-order valence-electron chi connectivity index (χ0n) is 11.7. The van der Waals surface area contributed by atoms with Crippen molar-refractivity contribution in [2.75, 3.05) is 5.32 Å². The van der Waals surface area contributed by atoms with Crippen molar-refractivity contribution in [1.82, 2.24) is 0 Å². The minimum absolute atomic E-state index is 0.273. The fraction of sp³-hybridized carbons (Fsp3) is 0.222. The van der Waals surface area contributed by atoms with Crippen molar-refractivity contribution in [2.45, 2.75) is 18.4 Å². The van der Waals surface area contributed by atoms with Crippen LogP contribution in [0.15, 0.2) is 53.0 Å². The predicted octanol–water partition coefficient (Wildman–Crippen LogP) is 6.58. The average molecular weight is 395 g/mol. The van der Waals surface area contributed by atoms with Gasteiger partial charge in [-0.05, 0) is 42.2 Å². The van der Waals surface area contributed by atoms with Crippen LogP contribution < -0.4 is 5.32 Å². The first-order valence-corrected chi connectivity index (χ1v) is 8.86. The molecule has 1 aliphatic heterocycles. The van der Waals surface area contributed by atoms with Gasteiger partial charge in [0.25, 0.3) is 0 Å². The van der Waals surface area contributed by atoms with Crippen molar-refractivity contribution in [1.29, 1.82) is 0 Å². The number of rotatable bonds is 1. The van der Waals surface area contributed by atoms with Gasteiger partial charge in [0.05, 0.1) is 6.04 Å². The van der Waals surface area contributed by atoms with Crippen LogP contribution in [0.5, 0.6) is 0 Å². The minimum atomic E-state index is 0.273. The molecule has 1 nitrogen and oxygen atoms in total. The second-order valence-electron chi connectivity index (χ2n) is 5.88. The Bertz CT molecular complexity index is 754. The zero-order valence-corrected chi connectivity index (χ0v) is 14.8. The molecule has 3 atom stereocenters. The second kappa shape index (κ2) is 5.59. The summed E-state index contributed by atoms with van der Waals surface area (Å²) in [5.74, 6) is 0.849. The Labute approximate surface area is 148 Å². The largest absolute Gasteiger partial charge is 0.378 e. The van der Waals surface area contributed by atoms with Crippen LogP contribution in [0.25, 0.3) is 0 Å². The number of allylic oxidation sites excluding steroid dienone is 2. The summed E-state index contributed by atoms with van der Waals surface area (Å²) in [5.41, 5.74) is 3.53. The molecule has 0 saturated heterocycles. The highest BCUT2D eigenvalue weighted by molar-refractivity contribution is 9.10. The molecule has 0 saturated carbocycles. The Hall–Kier alpha value is -0.960. The van der Waals surface area contributed by atoms with Gasteiger partial charge >= 0.3 is 0 Å². The van der Waals surface area contributed by atoms with Crippen LogP contribution in [0.2, 0.25) is 10.0 Å². The lowest BCUT2D eigenvalue weighted by Crippen LogP contribution is -2.29. The number of nitrogens with one attached hydrogen (secondary N) is 1. The van der Waals surface area contributed by atoms with Gasteiger partial charge in [-0.3, -0.25) is 0 Å². The van der Waals surface area contributed by atoms with Crippen LogP contribution in [0.3, 0.4) is 0 Å². The van der Waals surface area contributed by atoms with Crippen molar-refractivity contribution in [3.8, 4) is 0 Å². The van der Waals surface area contributed by atoms with Crippen molar-refractivity contribution >= 4 is 44.8 Å². The Morgan fingerprint density at radius 1 is 1.09 bits per heavy atom. The third-order valence-corrected chi connectivity index (χ3v) is 5.67. The first-order valence-electron chi connectivity index (χ1n) is 7.31. The van der Waals surface area contributed by atoms with Gasteiger partial charge in [-0.15, -0.1) is 0 Å². The molecule has 0 unspecified atom stereocenters. The Kier molecular flexibility index (Phi) is 3.72. The second-order valence-corrected chi connectivity index (χ2v) is 7.64. The molecule has 0 spiro atoms. The van der Waals surface area contributed by atoms with Gasteiger partial charge in [0.1, 0.15) is 0 Å². The molecule has 2 aliphatic rings. The standard InChI is InChI=1S/C18H14BrCl2N/c19-11-6-4-10(5-7-11)18-14-3-1-2-13(14)17-15(21)8-12(20)9-16(17)22-18/h1-2,4-9,13-14,18,22H,3H2/t13-,14-,18-/m1/s1. The summed E-state index contributed by atoms with van der Waals surface area (Å²) in [6.45, 7) is 0. The highest BCUT2D eigenvalue weighted by Crippen LogP contribution is 2.52. The van der Waals surface area contributed by atoms with Crippen molar-refractivity contribution < 1.29 is 0 Å². The first-order chi connectivity index (χ1) is 10.6. The quantitative estimate of drug-likeness (QED) is 0.538. The Morgan fingerprint density at radius 2 is 1.86 bits per heavy atom. The van der Waals surface area contributed by atoms with Crippen LogP contribution in [0, 0.1) is 5.92 Å². The summed E-state index contributed by atoms with van der Waals surface area (Å²) in [4.78, 5) is 0. The number of hydrogen-bond donors (Lipinski definition) is 1. The molecule has 0 amide bonds. The van der Waals surface area contributed by atoms with Gasteiger partial charge in [-0.2, -0.15) is 0 Å². The van der Waals surface area contributed by atoms with E-state index in [4.69, 9.17) is 23.2 Å². The third-order valence-electron chi connectivity index (χ3n) is 4.61. The number of halogens is 3. The van der Waals surface area contributed by atoms with Gasteiger partial charge in [-0.1, -0.05) is 63.4 Å². The van der Waals surface area contributed by atoms with Gasteiger partial charge in [0.15, 0.2) is 0 Å². The van der Waals surface area contributed by atoms with Crippen LogP contribution >= 0.6 is 39.1 Å². The summed E-state index contributed by atoms with van der Waals surface area (Å²) >= 11 is 16.2. The summed E-state index contributed by atoms with van der Waals surface area (Å²) in [7, 11) is 0. The molecule has 0 fully saturated rings. The van der Waals surface area contributed by atoms with E-state index in [9.17, 15) is 0 Å². The molecule has 1 heterocycles. The molecule has 0 bridgehead atoms. The molecule has 112 valence electrons. The van der Waals surface area contributed by atoms with Crippen molar-refractivity contribution in [3.05, 3.63) is 74.2 Å². The van der Waals surface area contributed by atoms with Crippen molar-refractivity contribution in [3.63, 3.8) is 0 Å². The number of benzene rings is 2. The lowest BCUT2D eigenvalue weighted by molar-refractivity contribution is 0.425. The fourth-order valence-corrected chi connectivity index (χ4v) is 4.53. The molecule has 0 radical (unpaired) electrons. The number of fused-ring (bicyclic) bond motifs is 3. The zero-order chi connectivity index (χ0) is 15.3. The maximum absolute atomic E-state index is 6.46. The van der Waals surface area contributed by atoms with E-state index in [1.165, 1.54) is 11.1 Å². The highest BCUT2D eigenvalue weighted by atomic mass is 79.9. The summed E-state index contributed by atoms with van der Waals surface area (Å²) in [6.07, 6.45) is 5.62. The molecule has 1 N–H and O–H groups in total. The Balaban J connectivity index is 1.82. The molecule has 2 aromatic carbocycles. The van der Waals surface area contributed by atoms with E-state index in [0.29, 0.717) is 16.9 Å². The van der Waals surface area contributed by atoms with Gasteiger partial charge in [0.2, 0.25) is 0 Å². The fourth-order valence-electron chi connectivity index (χ4n) is 3.64. The number of hydrogen-bond acceptors (Lipinski definition) is 1. The molecular formula is C18H14BrCl2N. The molecule has 1 aliphatic carbocycles. The smallest absolute Gasteiger partial charge is 0.0553 e. The van der Waals surface area contributed by atoms with E-state index in [1.807, 2.05) is 12.1 Å². The summed E-state index contributed by atoms with van der Waals surface area (Å²) in [6, 6.07) is 12.6. The maximum Gasteiger partial charge on any atom is 0.0553 e. The van der Waals surface area contributed by atoms with E-state index >= 15 is 0 Å². The van der Waals surface area contributed by atoms with E-state index in [-0.39, 0.29) is 6.04 Å². The molecule has 4 heteroatoms. The van der Waals surface area contributed by atoms with E-state index in [2.05, 4.69) is 57.7 Å². The lowest BCUT2D eigenvalue weighted by Gasteiger charge is -2.38. The topological polar surface area (TPSA) is 12.0 Å². The molecular weight excluding hydrogens is 381 g/mol. The summed E-state index contributed by atoms with van der Waals surface area (Å²) < 4.78 is 1.10. The molecule has 0 aromatic heterocycles. The third kappa shape index (κ3) is 2.38. The van der Waals surface area contributed by atoms with Crippen LogP contribution in [0.4, 0.5) is 5.69 Å². The summed E-state index contributed by atoms with van der Waals surface area (Å²) in [5, 5.41) is 5.09. The molecule has 22 heavy (non-hydrogen) atoms. The number of anilines is 1. The van der Waals surface area contributed by atoms with E-state index < -0.39 is 0 Å². The lowest BCUT2D eigenvalue weighted by atomic mass is 9.77. The predicted molar refractivity (Wildman–Crippen MR) is 97.0 cm³/mol. The average Bonchev–Trinajstić information content (AvgIpc) is 2.95. The maximum atomic E-state index is 6.46. The Morgan fingerprint density at radius 3 is 2.64 bits per heavy atom. The van der Waals surface area contributed by atoms with Crippen molar-refractivity contribution in [2.24, 2.45) is 5.92 Å². The van der Waals surface area contributed by atoms with Crippen LogP contribution in [0.1, 0.15) is 29.5 Å². The highest BCUT2D eigenvalue weighted by Gasteiger charge is 2.39. The molecule has 2 aromatic rings. The van der Waals surface area contributed by atoms with Gasteiger partial charge in [-0.25, -0.2) is 0 Å². The van der Waals surface area contributed by atoms with Gasteiger partial charge in [0, 0.05) is 31.7 Å². The normalized spacial score (nSPS) is 25.5. The van der Waals surface area contributed by atoms with E-state index in [0.717, 1.165) is 21.6 Å². The SMILES string of the molecule is Clc1cc(Cl)c2c(c1)N[C@H](c1ccc(Br)cc1)[C@@H]1CC=C[C@@H]21. The first kappa shape index (κ1) is 14.6. The molecule has 4 rings (SSSR count). The minimum Gasteiger partial charge on any atom is -0.378 e. The van der Waals surface area contributed by atoms with E-state index in [1.54, 1.807) is 0 Å². The van der Waals surface area contributed by atoms with Gasteiger partial charge < -0.3 is 5.32 Å². The van der Waals surface area contributed by atoms with Crippen LogP contribution in [-0.2, 0) is 0 Å². The monoisotopic (exact) mass is 393 g/mol.